The maximum absolute atomic E-state index is 13.6. The summed E-state index contributed by atoms with van der Waals surface area (Å²) >= 11 is 12.1. The van der Waals surface area contributed by atoms with E-state index in [0.717, 1.165) is 19.4 Å². The Kier molecular flexibility index (Phi) is 11.1. The minimum Gasteiger partial charge on any atom is -0.350 e. The van der Waals surface area contributed by atoms with Gasteiger partial charge in [0.1, 0.15) is 0 Å². The van der Waals surface area contributed by atoms with Crippen LogP contribution in [-0.4, -0.2) is 61.0 Å². The summed E-state index contributed by atoms with van der Waals surface area (Å²) in [6.07, 6.45) is 2.41. The van der Waals surface area contributed by atoms with E-state index in [1.54, 1.807) is 18.2 Å². The Hall–Kier alpha value is -2.12. The van der Waals surface area contributed by atoms with Crippen LogP contribution in [0.15, 0.2) is 48.5 Å². The fraction of sp³-hybridized carbons (Fsp3) is 0.500. The highest BCUT2D eigenvalue weighted by Crippen LogP contribution is 2.24. The van der Waals surface area contributed by atoms with Crippen LogP contribution in [0.4, 0.5) is 0 Å². The first-order valence-electron chi connectivity index (χ1n) is 12.8. The van der Waals surface area contributed by atoms with Gasteiger partial charge in [0.25, 0.3) is 5.91 Å². The van der Waals surface area contributed by atoms with Crippen LogP contribution in [0, 0.1) is 0 Å². The Morgan fingerprint density at radius 3 is 2.56 bits per heavy atom. The summed E-state index contributed by atoms with van der Waals surface area (Å²) in [6.45, 7) is 8.87. The molecule has 1 unspecified atom stereocenters. The summed E-state index contributed by atoms with van der Waals surface area (Å²) in [5, 5.41) is 10.7. The first kappa shape index (κ1) is 28.5. The van der Waals surface area contributed by atoms with Gasteiger partial charge in [0.05, 0.1) is 16.1 Å². The van der Waals surface area contributed by atoms with Crippen LogP contribution < -0.4 is 16.0 Å². The van der Waals surface area contributed by atoms with Crippen molar-refractivity contribution in [3.8, 4) is 0 Å². The minimum atomic E-state index is -0.307. The second-order valence-corrected chi connectivity index (χ2v) is 10.6. The van der Waals surface area contributed by atoms with Gasteiger partial charge in [-0.3, -0.25) is 9.59 Å². The second kappa shape index (κ2) is 14.0. The van der Waals surface area contributed by atoms with Crippen molar-refractivity contribution in [2.24, 2.45) is 0 Å². The molecule has 0 bridgehead atoms. The lowest BCUT2D eigenvalue weighted by Gasteiger charge is -2.29. The third kappa shape index (κ3) is 8.20. The molecule has 2 aromatic rings. The third-order valence-corrected chi connectivity index (χ3v) is 7.41. The molecule has 3 rings (SSSR count). The summed E-state index contributed by atoms with van der Waals surface area (Å²) in [5.74, 6) is 0.208. The molecule has 3 atom stereocenters. The largest absolute Gasteiger partial charge is 0.350 e. The Morgan fingerprint density at radius 1 is 1.14 bits per heavy atom. The minimum absolute atomic E-state index is 0.0217. The fourth-order valence-electron chi connectivity index (χ4n) is 4.56. The van der Waals surface area contributed by atoms with Crippen molar-refractivity contribution in [2.45, 2.75) is 64.1 Å². The molecule has 0 saturated carbocycles. The molecule has 2 aromatic carbocycles. The summed E-state index contributed by atoms with van der Waals surface area (Å²) in [6, 6.07) is 15.3. The summed E-state index contributed by atoms with van der Waals surface area (Å²) in [4.78, 5) is 28.3. The monoisotopic (exact) mass is 532 g/mol. The first-order chi connectivity index (χ1) is 17.3. The first-order valence-corrected chi connectivity index (χ1v) is 13.6. The molecule has 8 heteroatoms. The van der Waals surface area contributed by atoms with Crippen molar-refractivity contribution in [1.82, 2.24) is 20.9 Å². The molecule has 6 nitrogen and oxygen atoms in total. The summed E-state index contributed by atoms with van der Waals surface area (Å²) in [7, 11) is 0. The molecule has 3 N–H and O–H groups in total. The van der Waals surface area contributed by atoms with Crippen LogP contribution in [0.2, 0.25) is 10.0 Å². The van der Waals surface area contributed by atoms with Gasteiger partial charge in [-0.15, -0.1) is 0 Å². The lowest BCUT2D eigenvalue weighted by Crippen LogP contribution is -2.50. The van der Waals surface area contributed by atoms with E-state index in [1.807, 2.05) is 11.0 Å². The topological polar surface area (TPSA) is 73.5 Å². The Balaban J connectivity index is 1.68. The smallest absolute Gasteiger partial charge is 0.251 e. The molecule has 1 saturated heterocycles. The Bertz CT molecular complexity index is 1000. The van der Waals surface area contributed by atoms with Gasteiger partial charge in [0.15, 0.2) is 0 Å². The molecule has 1 fully saturated rings. The van der Waals surface area contributed by atoms with E-state index in [0.29, 0.717) is 47.7 Å². The predicted molar refractivity (Wildman–Crippen MR) is 148 cm³/mol. The number of hydrogen-bond donors (Lipinski definition) is 3. The molecule has 0 aromatic heterocycles. The number of benzene rings is 2. The molecule has 2 amide bonds. The number of carbonyl (C=O) groups is 2. The maximum atomic E-state index is 13.6. The third-order valence-electron chi connectivity index (χ3n) is 6.68. The van der Waals surface area contributed by atoms with E-state index in [-0.39, 0.29) is 29.8 Å². The average molecular weight is 534 g/mol. The molecule has 196 valence electrons. The van der Waals surface area contributed by atoms with Crippen LogP contribution >= 0.6 is 23.2 Å². The van der Waals surface area contributed by atoms with Crippen molar-refractivity contribution >= 4 is 35.0 Å². The van der Waals surface area contributed by atoms with Gasteiger partial charge in [-0.2, -0.15) is 0 Å². The highest BCUT2D eigenvalue weighted by Gasteiger charge is 2.32. The summed E-state index contributed by atoms with van der Waals surface area (Å²) in [5.41, 5.74) is 1.72. The lowest BCUT2D eigenvalue weighted by atomic mass is 9.95. The maximum Gasteiger partial charge on any atom is 0.251 e. The highest BCUT2D eigenvalue weighted by atomic mass is 35.5. The standard InChI is InChI=1S/C28H38Cl2N4O2/c1-4-20(21-8-6-5-7-9-21)18-34-15-13-23(33-26(28(34)36)12-14-31-19(2)3)17-32-27(35)22-10-11-24(29)25(30)16-22/h5-11,16,19-20,23,26,31,33H,4,12-15,17-18H2,1-3H3,(H,32,35)/t20?,23-,26-/m0/s1. The number of nitrogens with zero attached hydrogens (tertiary/aromatic N) is 1. The highest BCUT2D eigenvalue weighted by molar-refractivity contribution is 6.42. The Labute approximate surface area is 225 Å². The number of hydrogen-bond acceptors (Lipinski definition) is 4. The molecular formula is C28H38Cl2N4O2. The van der Waals surface area contributed by atoms with E-state index in [1.165, 1.54) is 5.56 Å². The van der Waals surface area contributed by atoms with Gasteiger partial charge >= 0.3 is 0 Å². The van der Waals surface area contributed by atoms with Crippen LogP contribution in [0.3, 0.4) is 0 Å². The van der Waals surface area contributed by atoms with Crippen molar-refractivity contribution < 1.29 is 9.59 Å². The van der Waals surface area contributed by atoms with Gasteiger partial charge in [0, 0.05) is 43.2 Å². The number of halogens is 2. The van der Waals surface area contributed by atoms with Crippen LogP contribution in [0.25, 0.3) is 0 Å². The van der Waals surface area contributed by atoms with Crippen LogP contribution in [0.5, 0.6) is 0 Å². The van der Waals surface area contributed by atoms with Gasteiger partial charge < -0.3 is 20.9 Å². The Morgan fingerprint density at radius 2 is 1.89 bits per heavy atom. The molecular weight excluding hydrogens is 495 g/mol. The molecule has 0 aliphatic carbocycles. The van der Waals surface area contributed by atoms with Crippen molar-refractivity contribution in [1.29, 1.82) is 0 Å². The van der Waals surface area contributed by atoms with Crippen LogP contribution in [0.1, 0.15) is 61.9 Å². The number of amides is 2. The van der Waals surface area contributed by atoms with E-state index >= 15 is 0 Å². The van der Waals surface area contributed by atoms with Gasteiger partial charge in [-0.1, -0.05) is 74.3 Å². The molecule has 1 aliphatic heterocycles. The van der Waals surface area contributed by atoms with Crippen LogP contribution in [-0.2, 0) is 4.79 Å². The zero-order chi connectivity index (χ0) is 26.1. The zero-order valence-electron chi connectivity index (χ0n) is 21.4. The van der Waals surface area contributed by atoms with Crippen molar-refractivity contribution in [3.05, 3.63) is 69.7 Å². The van der Waals surface area contributed by atoms with Gasteiger partial charge in [-0.25, -0.2) is 0 Å². The second-order valence-electron chi connectivity index (χ2n) is 9.74. The predicted octanol–water partition coefficient (Wildman–Crippen LogP) is 4.86. The average Bonchev–Trinajstić information content (AvgIpc) is 3.01. The molecule has 0 radical (unpaired) electrons. The van der Waals surface area contributed by atoms with Crippen molar-refractivity contribution in [3.63, 3.8) is 0 Å². The molecule has 1 aliphatic rings. The fourth-order valence-corrected chi connectivity index (χ4v) is 4.86. The van der Waals surface area contributed by atoms with E-state index in [4.69, 9.17) is 23.2 Å². The summed E-state index contributed by atoms with van der Waals surface area (Å²) < 4.78 is 0. The van der Waals surface area contributed by atoms with Crippen molar-refractivity contribution in [2.75, 3.05) is 26.2 Å². The van der Waals surface area contributed by atoms with E-state index < -0.39 is 0 Å². The molecule has 36 heavy (non-hydrogen) atoms. The van der Waals surface area contributed by atoms with E-state index in [2.05, 4.69) is 61.0 Å². The van der Waals surface area contributed by atoms with Gasteiger partial charge in [0.2, 0.25) is 5.91 Å². The number of nitrogens with one attached hydrogen (secondary N) is 3. The lowest BCUT2D eigenvalue weighted by molar-refractivity contribution is -0.133. The van der Waals surface area contributed by atoms with E-state index in [9.17, 15) is 9.59 Å². The number of rotatable bonds is 11. The SMILES string of the molecule is CCC(CN1CC[C@@H](CNC(=O)c2ccc(Cl)c(Cl)c2)N[C@@H](CCNC(C)C)C1=O)c1ccccc1. The van der Waals surface area contributed by atoms with Gasteiger partial charge in [-0.05, 0) is 49.6 Å². The zero-order valence-corrected chi connectivity index (χ0v) is 22.9. The normalized spacial score (nSPS) is 19.3. The number of carbonyl (C=O) groups excluding carboxylic acids is 2. The molecule has 1 heterocycles. The molecule has 0 spiro atoms. The quantitative estimate of drug-likeness (QED) is 0.386.